The lowest BCUT2D eigenvalue weighted by molar-refractivity contribution is 0.173. The first kappa shape index (κ1) is 18.6. The summed E-state index contributed by atoms with van der Waals surface area (Å²) >= 11 is 0. The lowest BCUT2D eigenvalue weighted by Gasteiger charge is -2.27. The molecule has 0 radical (unpaired) electrons. The van der Waals surface area contributed by atoms with Gasteiger partial charge in [-0.15, -0.1) is 0 Å². The Morgan fingerprint density at radius 1 is 0.947 bits per heavy atom. The maximum Gasteiger partial charge on any atom is 0.335 e. The number of benzene rings is 1. The quantitative estimate of drug-likeness (QED) is 0.653. The van der Waals surface area contributed by atoms with Gasteiger partial charge >= 0.3 is 8.56 Å². The molecule has 2 nitrogen and oxygen atoms in total. The highest BCUT2D eigenvalue weighted by atomic mass is 28.4. The van der Waals surface area contributed by atoms with Gasteiger partial charge in [-0.25, -0.2) is 0 Å². The molecule has 0 atom stereocenters. The van der Waals surface area contributed by atoms with Crippen LogP contribution in [0, 0.1) is 0 Å². The smallest absolute Gasteiger partial charge is 0.335 e. The van der Waals surface area contributed by atoms with Crippen molar-refractivity contribution < 1.29 is 8.85 Å². The molecule has 19 heavy (non-hydrogen) atoms. The molecule has 0 fully saturated rings. The largest absolute Gasteiger partial charge is 0.394 e. The zero-order chi connectivity index (χ0) is 13.3. The van der Waals surface area contributed by atoms with Gasteiger partial charge in [0.15, 0.2) is 0 Å². The zero-order valence-electron chi connectivity index (χ0n) is 11.9. The molecule has 0 amide bonds. The van der Waals surface area contributed by atoms with Crippen LogP contribution in [0.4, 0.5) is 0 Å². The van der Waals surface area contributed by atoms with Gasteiger partial charge in [-0.3, -0.25) is 0 Å². The molecular formula is C15H30O2Si2. The fraction of sp³-hybridized carbons (Fsp3) is 0.600. The molecule has 0 aliphatic heterocycles. The molecule has 0 heterocycles. The molecule has 0 N–H and O–H groups in total. The van der Waals surface area contributed by atoms with Crippen LogP contribution >= 0.6 is 0 Å². The predicted molar refractivity (Wildman–Crippen MR) is 90.4 cm³/mol. The molecule has 0 unspecified atom stereocenters. The summed E-state index contributed by atoms with van der Waals surface area (Å²) in [7, 11) is -1.97. The van der Waals surface area contributed by atoms with Gasteiger partial charge < -0.3 is 8.85 Å². The molecule has 1 rings (SSSR count). The standard InChI is InChI=1S/C15H26O2Si.H4Si/c1-4-12-16-18(3,17-13-5-2)14-11-15-9-7-6-8-10-15;/h6-10H,4-5,11-14H2,1-3H3;1H4. The first-order valence-corrected chi connectivity index (χ1v) is 9.54. The summed E-state index contributed by atoms with van der Waals surface area (Å²) in [6.45, 7) is 8.13. The van der Waals surface area contributed by atoms with Gasteiger partial charge in [0.25, 0.3) is 0 Å². The van der Waals surface area contributed by atoms with Crippen molar-refractivity contribution in [3.8, 4) is 0 Å². The van der Waals surface area contributed by atoms with Crippen LogP contribution in [0.1, 0.15) is 32.3 Å². The molecule has 0 spiro atoms. The van der Waals surface area contributed by atoms with Crippen LogP contribution in [0.25, 0.3) is 0 Å². The van der Waals surface area contributed by atoms with E-state index in [1.165, 1.54) is 5.56 Å². The Hall–Kier alpha value is -0.426. The monoisotopic (exact) mass is 298 g/mol. The molecule has 110 valence electrons. The Labute approximate surface area is 123 Å². The summed E-state index contributed by atoms with van der Waals surface area (Å²) in [5, 5.41) is 0. The normalized spacial score (nSPS) is 11.1. The van der Waals surface area contributed by atoms with Crippen molar-refractivity contribution in [2.75, 3.05) is 13.2 Å². The van der Waals surface area contributed by atoms with Crippen molar-refractivity contribution in [1.29, 1.82) is 0 Å². The van der Waals surface area contributed by atoms with E-state index in [9.17, 15) is 0 Å². The highest BCUT2D eigenvalue weighted by Crippen LogP contribution is 2.18. The summed E-state index contributed by atoms with van der Waals surface area (Å²) < 4.78 is 12.0. The van der Waals surface area contributed by atoms with Crippen LogP contribution < -0.4 is 0 Å². The maximum absolute atomic E-state index is 6.02. The van der Waals surface area contributed by atoms with E-state index in [1.807, 2.05) is 0 Å². The second-order valence-corrected chi connectivity index (χ2v) is 8.16. The molecule has 1 aromatic rings. The van der Waals surface area contributed by atoms with Crippen molar-refractivity contribution in [2.24, 2.45) is 0 Å². The van der Waals surface area contributed by atoms with E-state index in [1.54, 1.807) is 0 Å². The van der Waals surface area contributed by atoms with Crippen LogP contribution in [0.2, 0.25) is 12.6 Å². The van der Waals surface area contributed by atoms with Gasteiger partial charge in [0.05, 0.1) is 0 Å². The van der Waals surface area contributed by atoms with E-state index in [-0.39, 0.29) is 11.0 Å². The summed E-state index contributed by atoms with van der Waals surface area (Å²) in [5.41, 5.74) is 1.37. The average molecular weight is 299 g/mol. The van der Waals surface area contributed by atoms with Crippen LogP contribution in [0.5, 0.6) is 0 Å². The van der Waals surface area contributed by atoms with Gasteiger partial charge in [-0.05, 0) is 48.4 Å². The molecule has 0 saturated heterocycles. The lowest BCUT2D eigenvalue weighted by atomic mass is 10.2. The van der Waals surface area contributed by atoms with Gasteiger partial charge in [0, 0.05) is 13.2 Å². The third-order valence-corrected chi connectivity index (χ3v) is 5.72. The second kappa shape index (κ2) is 10.4. The third-order valence-electron chi connectivity index (χ3n) is 2.93. The molecule has 4 heteroatoms. The maximum atomic E-state index is 6.02. The Morgan fingerprint density at radius 2 is 1.47 bits per heavy atom. The van der Waals surface area contributed by atoms with E-state index in [4.69, 9.17) is 8.85 Å². The number of rotatable bonds is 9. The van der Waals surface area contributed by atoms with Crippen molar-refractivity contribution in [3.05, 3.63) is 35.9 Å². The summed E-state index contributed by atoms with van der Waals surface area (Å²) in [6.07, 6.45) is 3.17. The third kappa shape index (κ3) is 7.67. The summed E-state index contributed by atoms with van der Waals surface area (Å²) in [6, 6.07) is 11.6. The average Bonchev–Trinajstić information content (AvgIpc) is 2.42. The highest BCUT2D eigenvalue weighted by Gasteiger charge is 2.30. The first-order valence-electron chi connectivity index (χ1n) is 7.02. The Balaban J connectivity index is 0.00000324. The van der Waals surface area contributed by atoms with Crippen LogP contribution in [0.15, 0.2) is 30.3 Å². The second-order valence-electron chi connectivity index (χ2n) is 4.82. The molecule has 0 bridgehead atoms. The van der Waals surface area contributed by atoms with Crippen LogP contribution in [0.3, 0.4) is 0 Å². The van der Waals surface area contributed by atoms with E-state index < -0.39 is 8.56 Å². The van der Waals surface area contributed by atoms with Gasteiger partial charge in [0.1, 0.15) is 0 Å². The van der Waals surface area contributed by atoms with E-state index in [0.717, 1.165) is 38.5 Å². The number of aryl methyl sites for hydroxylation is 1. The summed E-state index contributed by atoms with van der Waals surface area (Å²) in [4.78, 5) is 0. The van der Waals surface area contributed by atoms with Gasteiger partial charge in [-0.2, -0.15) is 0 Å². The van der Waals surface area contributed by atoms with Gasteiger partial charge in [-0.1, -0.05) is 44.2 Å². The fourth-order valence-electron chi connectivity index (χ4n) is 1.84. The topological polar surface area (TPSA) is 18.5 Å². The Morgan fingerprint density at radius 3 is 1.95 bits per heavy atom. The number of hydrogen-bond acceptors (Lipinski definition) is 2. The van der Waals surface area contributed by atoms with Crippen molar-refractivity contribution in [3.63, 3.8) is 0 Å². The zero-order valence-corrected chi connectivity index (χ0v) is 12.9. The van der Waals surface area contributed by atoms with E-state index >= 15 is 0 Å². The van der Waals surface area contributed by atoms with Crippen molar-refractivity contribution >= 4 is 19.5 Å². The molecular weight excluding hydrogens is 268 g/mol. The Bertz CT molecular complexity index is 309. The number of hydrogen-bond donors (Lipinski definition) is 0. The minimum absolute atomic E-state index is 0. The van der Waals surface area contributed by atoms with E-state index in [2.05, 4.69) is 50.7 Å². The minimum atomic E-state index is -1.97. The molecule has 1 aromatic carbocycles. The van der Waals surface area contributed by atoms with Crippen LogP contribution in [-0.4, -0.2) is 32.7 Å². The highest BCUT2D eigenvalue weighted by molar-refractivity contribution is 6.66. The van der Waals surface area contributed by atoms with Crippen molar-refractivity contribution in [1.82, 2.24) is 0 Å². The SMILES string of the molecule is CCCO[Si](C)(CCc1ccccc1)OCCC.[SiH4]. The molecule has 0 saturated carbocycles. The molecule has 0 aromatic heterocycles. The van der Waals surface area contributed by atoms with Crippen LogP contribution in [-0.2, 0) is 15.3 Å². The molecule has 0 aliphatic carbocycles. The fourth-order valence-corrected chi connectivity index (χ4v) is 4.22. The van der Waals surface area contributed by atoms with E-state index in [0.29, 0.717) is 0 Å². The summed E-state index contributed by atoms with van der Waals surface area (Å²) in [5.74, 6) is 0. The first-order chi connectivity index (χ1) is 8.70. The Kier molecular flexibility index (Phi) is 10.1. The molecule has 0 aliphatic rings. The minimum Gasteiger partial charge on any atom is -0.394 e. The van der Waals surface area contributed by atoms with Crippen molar-refractivity contribution in [2.45, 2.75) is 45.7 Å². The van der Waals surface area contributed by atoms with Gasteiger partial charge in [0.2, 0.25) is 0 Å². The predicted octanol–water partition coefficient (Wildman–Crippen LogP) is 2.70. The lowest BCUT2D eigenvalue weighted by Crippen LogP contribution is -2.39.